The van der Waals surface area contributed by atoms with Crippen LogP contribution < -0.4 is 20.1 Å². The summed E-state index contributed by atoms with van der Waals surface area (Å²) in [5.74, 6) is 0.976. The minimum absolute atomic E-state index is 0.184. The van der Waals surface area contributed by atoms with Crippen LogP contribution in [0.4, 0.5) is 0 Å². The summed E-state index contributed by atoms with van der Waals surface area (Å²) in [7, 11) is 3.12. The van der Waals surface area contributed by atoms with Crippen molar-refractivity contribution in [3.63, 3.8) is 0 Å². The van der Waals surface area contributed by atoms with Crippen molar-refractivity contribution < 1.29 is 14.3 Å². The van der Waals surface area contributed by atoms with Crippen molar-refractivity contribution >= 4 is 11.5 Å². The van der Waals surface area contributed by atoms with Crippen molar-refractivity contribution in [2.24, 2.45) is 0 Å². The summed E-state index contributed by atoms with van der Waals surface area (Å²) in [6.07, 6.45) is 4.88. The predicted molar refractivity (Wildman–Crippen MR) is 100 cm³/mol. The first-order valence-corrected chi connectivity index (χ1v) is 8.56. The predicted octanol–water partition coefficient (Wildman–Crippen LogP) is 2.41. The number of pyridine rings is 1. The summed E-state index contributed by atoms with van der Waals surface area (Å²) in [5, 5.41) is 6.26. The highest BCUT2D eigenvalue weighted by Gasteiger charge is 2.14. The van der Waals surface area contributed by atoms with Gasteiger partial charge in [-0.2, -0.15) is 0 Å². The maximum Gasteiger partial charge on any atom is 0.251 e. The van der Waals surface area contributed by atoms with Gasteiger partial charge in [-0.1, -0.05) is 12.1 Å². The van der Waals surface area contributed by atoms with Crippen molar-refractivity contribution in [3.8, 4) is 11.5 Å². The number of carbonyl (C=O) groups is 1. The van der Waals surface area contributed by atoms with Gasteiger partial charge in [0.15, 0.2) is 0 Å². The van der Waals surface area contributed by atoms with Crippen LogP contribution in [0.5, 0.6) is 11.5 Å². The van der Waals surface area contributed by atoms with Crippen LogP contribution in [-0.4, -0.2) is 38.2 Å². The van der Waals surface area contributed by atoms with Crippen LogP contribution in [0.2, 0.25) is 0 Å². The Kier molecular flexibility index (Phi) is 5.86. The van der Waals surface area contributed by atoms with E-state index in [-0.39, 0.29) is 5.91 Å². The number of benzene rings is 1. The number of nitrogens with zero attached hydrogens (tertiary/aromatic N) is 1. The second-order valence-corrected chi connectivity index (χ2v) is 5.98. The van der Waals surface area contributed by atoms with Crippen molar-refractivity contribution in [1.29, 1.82) is 0 Å². The van der Waals surface area contributed by atoms with Crippen molar-refractivity contribution in [3.05, 3.63) is 59.4 Å². The minimum atomic E-state index is -0.184. The first-order valence-electron chi connectivity index (χ1n) is 8.56. The Morgan fingerprint density at radius 2 is 2.00 bits per heavy atom. The van der Waals surface area contributed by atoms with Crippen molar-refractivity contribution in [2.75, 3.05) is 27.3 Å². The first-order chi connectivity index (χ1) is 12.7. The highest BCUT2D eigenvalue weighted by Crippen LogP contribution is 2.23. The Hall–Kier alpha value is -2.86. The Labute approximate surface area is 153 Å². The lowest BCUT2D eigenvalue weighted by atomic mass is 10.0. The molecule has 0 saturated heterocycles. The molecule has 1 aliphatic heterocycles. The van der Waals surface area contributed by atoms with Crippen molar-refractivity contribution in [2.45, 2.75) is 13.0 Å². The third-order valence-electron chi connectivity index (χ3n) is 4.31. The highest BCUT2D eigenvalue weighted by atomic mass is 16.5. The third-order valence-corrected chi connectivity index (χ3v) is 4.31. The maximum absolute atomic E-state index is 12.6. The molecule has 6 heteroatoms. The molecule has 26 heavy (non-hydrogen) atoms. The van der Waals surface area contributed by atoms with Crippen LogP contribution >= 0.6 is 0 Å². The van der Waals surface area contributed by atoms with E-state index in [1.807, 2.05) is 12.1 Å². The van der Waals surface area contributed by atoms with E-state index in [1.54, 1.807) is 38.6 Å². The molecule has 1 amide bonds. The maximum atomic E-state index is 12.6. The number of hydrogen-bond donors (Lipinski definition) is 2. The number of amides is 1. The largest absolute Gasteiger partial charge is 0.497 e. The fraction of sp³-hybridized carbons (Fsp3) is 0.300. The molecule has 0 bridgehead atoms. The summed E-state index contributed by atoms with van der Waals surface area (Å²) in [5.41, 5.74) is 3.67. The lowest BCUT2D eigenvalue weighted by molar-refractivity contribution is 0.0950. The second kappa shape index (κ2) is 8.49. The number of rotatable bonds is 6. The molecule has 0 spiro atoms. The van der Waals surface area contributed by atoms with Crippen LogP contribution in [0.3, 0.4) is 0 Å². The van der Waals surface area contributed by atoms with Gasteiger partial charge in [0.1, 0.15) is 11.5 Å². The fourth-order valence-electron chi connectivity index (χ4n) is 2.92. The lowest BCUT2D eigenvalue weighted by Gasteiger charge is -2.17. The minimum Gasteiger partial charge on any atom is -0.497 e. The highest BCUT2D eigenvalue weighted by molar-refractivity contribution is 5.95. The molecule has 6 nitrogen and oxygen atoms in total. The van der Waals surface area contributed by atoms with E-state index in [9.17, 15) is 4.79 Å². The summed E-state index contributed by atoms with van der Waals surface area (Å²) < 4.78 is 10.5. The summed E-state index contributed by atoms with van der Waals surface area (Å²) in [6, 6.07) is 9.01. The van der Waals surface area contributed by atoms with Gasteiger partial charge in [0.05, 0.1) is 19.9 Å². The van der Waals surface area contributed by atoms with Gasteiger partial charge in [-0.05, 0) is 42.3 Å². The summed E-state index contributed by atoms with van der Waals surface area (Å²) in [4.78, 5) is 17.1. The molecule has 2 heterocycles. The van der Waals surface area contributed by atoms with Gasteiger partial charge >= 0.3 is 0 Å². The van der Waals surface area contributed by atoms with Gasteiger partial charge in [-0.25, -0.2) is 0 Å². The lowest BCUT2D eigenvalue weighted by Crippen LogP contribution is -2.24. The molecule has 0 radical (unpaired) electrons. The SMILES string of the molecule is COc1cc(OC)cc(C(=O)NCc2cccnc2C2=CCNCC2)c1. The van der Waals surface area contributed by atoms with E-state index in [0.717, 1.165) is 30.8 Å². The molecular weight excluding hydrogens is 330 g/mol. The van der Waals surface area contributed by atoms with Crippen LogP contribution in [-0.2, 0) is 6.54 Å². The molecule has 2 N–H and O–H groups in total. The van der Waals surface area contributed by atoms with Gasteiger partial charge in [0, 0.05) is 30.9 Å². The molecule has 0 unspecified atom stereocenters. The molecule has 1 aromatic carbocycles. The Morgan fingerprint density at radius 3 is 2.65 bits per heavy atom. The first kappa shape index (κ1) is 17.9. The number of nitrogens with one attached hydrogen (secondary N) is 2. The Morgan fingerprint density at radius 1 is 1.23 bits per heavy atom. The standard InChI is InChI=1S/C20H23N3O3/c1-25-17-10-16(11-18(12-17)26-2)20(24)23-13-15-4-3-7-22-19(15)14-5-8-21-9-6-14/h3-5,7,10-12,21H,6,8-9,13H2,1-2H3,(H,23,24). The van der Waals surface area contributed by atoms with Crippen LogP contribution in [0.1, 0.15) is 28.0 Å². The third kappa shape index (κ3) is 4.21. The Balaban J connectivity index is 1.75. The molecule has 3 rings (SSSR count). The molecule has 0 aliphatic carbocycles. The average Bonchev–Trinajstić information content (AvgIpc) is 2.72. The number of carbonyl (C=O) groups excluding carboxylic acids is 1. The molecule has 1 aliphatic rings. The fourth-order valence-corrected chi connectivity index (χ4v) is 2.92. The normalized spacial score (nSPS) is 13.7. The van der Waals surface area contributed by atoms with E-state index >= 15 is 0 Å². The number of aromatic nitrogens is 1. The molecule has 0 saturated carbocycles. The number of ether oxygens (including phenoxy) is 2. The van der Waals surface area contributed by atoms with Crippen molar-refractivity contribution in [1.82, 2.24) is 15.6 Å². The zero-order valence-corrected chi connectivity index (χ0v) is 15.0. The molecule has 0 atom stereocenters. The van der Waals surface area contributed by atoms with E-state index in [2.05, 4.69) is 21.7 Å². The summed E-state index contributed by atoms with van der Waals surface area (Å²) >= 11 is 0. The zero-order valence-electron chi connectivity index (χ0n) is 15.0. The second-order valence-electron chi connectivity index (χ2n) is 5.98. The molecule has 2 aromatic rings. The van der Waals surface area contributed by atoms with Crippen LogP contribution in [0, 0.1) is 0 Å². The topological polar surface area (TPSA) is 72.5 Å². The van der Waals surface area contributed by atoms with Gasteiger partial charge in [0.25, 0.3) is 5.91 Å². The quantitative estimate of drug-likeness (QED) is 0.834. The number of hydrogen-bond acceptors (Lipinski definition) is 5. The molecule has 136 valence electrons. The van der Waals surface area contributed by atoms with E-state index in [4.69, 9.17) is 9.47 Å². The monoisotopic (exact) mass is 353 g/mol. The van der Waals surface area contributed by atoms with E-state index in [1.165, 1.54) is 5.57 Å². The molecular formula is C20H23N3O3. The molecule has 0 fully saturated rings. The van der Waals surface area contributed by atoms with E-state index < -0.39 is 0 Å². The number of methoxy groups -OCH3 is 2. The Bertz CT molecular complexity index is 795. The average molecular weight is 353 g/mol. The van der Waals surface area contributed by atoms with Gasteiger partial charge in [-0.3, -0.25) is 9.78 Å². The van der Waals surface area contributed by atoms with E-state index in [0.29, 0.717) is 23.6 Å². The van der Waals surface area contributed by atoms with Gasteiger partial charge in [-0.15, -0.1) is 0 Å². The molecule has 1 aromatic heterocycles. The van der Waals surface area contributed by atoms with Gasteiger partial charge < -0.3 is 20.1 Å². The smallest absolute Gasteiger partial charge is 0.251 e. The van der Waals surface area contributed by atoms with Crippen LogP contribution in [0.25, 0.3) is 5.57 Å². The van der Waals surface area contributed by atoms with Gasteiger partial charge in [0.2, 0.25) is 0 Å². The summed E-state index contributed by atoms with van der Waals surface area (Å²) in [6.45, 7) is 2.20. The zero-order chi connectivity index (χ0) is 18.4. The van der Waals surface area contributed by atoms with Crippen LogP contribution in [0.15, 0.2) is 42.6 Å².